The third-order valence-corrected chi connectivity index (χ3v) is 3.57. The molecular weight excluding hydrogens is 188 g/mol. The van der Waals surface area contributed by atoms with Crippen molar-refractivity contribution in [3.63, 3.8) is 0 Å². The third kappa shape index (κ3) is 3.44. The molecule has 3 atom stereocenters. The maximum absolute atomic E-state index is 5.22. The molecule has 3 heteroatoms. The molecule has 0 saturated heterocycles. The topological polar surface area (TPSA) is 24.5 Å². The molecule has 1 fully saturated rings. The molecule has 1 aliphatic carbocycles. The fourth-order valence-electron chi connectivity index (χ4n) is 2.61. The first-order valence-corrected chi connectivity index (χ1v) is 6.15. The average molecular weight is 214 g/mol. The summed E-state index contributed by atoms with van der Waals surface area (Å²) in [5.74, 6) is 0. The van der Waals surface area contributed by atoms with Gasteiger partial charge in [0.25, 0.3) is 0 Å². The molecule has 0 heterocycles. The highest BCUT2D eigenvalue weighted by molar-refractivity contribution is 4.90. The molecule has 1 aliphatic rings. The summed E-state index contributed by atoms with van der Waals surface area (Å²) in [5.41, 5.74) is 0. The van der Waals surface area contributed by atoms with Crippen LogP contribution in [0.5, 0.6) is 0 Å². The number of nitrogens with zero attached hydrogens (tertiary/aromatic N) is 1. The summed E-state index contributed by atoms with van der Waals surface area (Å²) in [4.78, 5) is 2.48. The minimum absolute atomic E-state index is 0.513. The van der Waals surface area contributed by atoms with Crippen molar-refractivity contribution in [2.45, 2.75) is 51.2 Å². The van der Waals surface area contributed by atoms with E-state index in [0.29, 0.717) is 18.1 Å². The molecule has 1 saturated carbocycles. The van der Waals surface area contributed by atoms with Crippen LogP contribution in [-0.4, -0.2) is 50.3 Å². The van der Waals surface area contributed by atoms with Crippen molar-refractivity contribution >= 4 is 0 Å². The van der Waals surface area contributed by atoms with Gasteiger partial charge in [-0.05, 0) is 33.4 Å². The summed E-state index contributed by atoms with van der Waals surface area (Å²) in [6.45, 7) is 6.33. The fraction of sp³-hybridized carbons (Fsp3) is 1.00. The van der Waals surface area contributed by atoms with Crippen LogP contribution >= 0.6 is 0 Å². The predicted molar refractivity (Wildman–Crippen MR) is 64.2 cm³/mol. The van der Waals surface area contributed by atoms with Crippen molar-refractivity contribution in [2.75, 3.05) is 27.3 Å². The van der Waals surface area contributed by atoms with Gasteiger partial charge in [-0.3, -0.25) is 4.90 Å². The molecule has 0 radical (unpaired) electrons. The first-order chi connectivity index (χ1) is 7.20. The summed E-state index contributed by atoms with van der Waals surface area (Å²) in [6, 6.07) is 1.88. The lowest BCUT2D eigenvalue weighted by Gasteiger charge is -2.34. The second-order valence-electron chi connectivity index (χ2n) is 4.63. The molecule has 0 spiro atoms. The van der Waals surface area contributed by atoms with Crippen LogP contribution in [0.15, 0.2) is 0 Å². The van der Waals surface area contributed by atoms with Gasteiger partial charge in [-0.25, -0.2) is 0 Å². The Hall–Kier alpha value is -0.120. The number of rotatable bonds is 6. The number of nitrogens with one attached hydrogen (secondary N) is 1. The lowest BCUT2D eigenvalue weighted by atomic mass is 10.1. The number of hydrogen-bond donors (Lipinski definition) is 1. The van der Waals surface area contributed by atoms with Crippen molar-refractivity contribution in [3.05, 3.63) is 0 Å². The highest BCUT2D eigenvalue weighted by Gasteiger charge is 2.31. The molecule has 0 amide bonds. The standard InChI is InChI=1S/C12H26N2O/c1-5-13-11-7-6-8-12(11)14(3)10(2)9-15-4/h10-13H,5-9H2,1-4H3. The Balaban J connectivity index is 2.45. The number of hydrogen-bond acceptors (Lipinski definition) is 3. The smallest absolute Gasteiger partial charge is 0.0615 e. The Morgan fingerprint density at radius 1 is 1.47 bits per heavy atom. The van der Waals surface area contributed by atoms with Gasteiger partial charge < -0.3 is 10.1 Å². The fourth-order valence-corrected chi connectivity index (χ4v) is 2.61. The van der Waals surface area contributed by atoms with Crippen LogP contribution < -0.4 is 5.32 Å². The van der Waals surface area contributed by atoms with Crippen molar-refractivity contribution in [2.24, 2.45) is 0 Å². The van der Waals surface area contributed by atoms with Crippen LogP contribution in [0.3, 0.4) is 0 Å². The van der Waals surface area contributed by atoms with Gasteiger partial charge in [0.15, 0.2) is 0 Å². The van der Waals surface area contributed by atoms with E-state index in [0.717, 1.165) is 13.2 Å². The lowest BCUT2D eigenvalue weighted by molar-refractivity contribution is 0.0821. The zero-order valence-electron chi connectivity index (χ0n) is 10.6. The van der Waals surface area contributed by atoms with Crippen LogP contribution in [0.4, 0.5) is 0 Å². The second kappa shape index (κ2) is 6.46. The van der Waals surface area contributed by atoms with E-state index >= 15 is 0 Å². The van der Waals surface area contributed by atoms with Crippen molar-refractivity contribution in [1.82, 2.24) is 10.2 Å². The molecule has 1 rings (SSSR count). The van der Waals surface area contributed by atoms with Crippen LogP contribution in [0, 0.1) is 0 Å². The summed E-state index contributed by atoms with van der Waals surface area (Å²) in [5, 5.41) is 3.59. The minimum Gasteiger partial charge on any atom is -0.383 e. The van der Waals surface area contributed by atoms with E-state index in [4.69, 9.17) is 4.74 Å². The Morgan fingerprint density at radius 2 is 2.20 bits per heavy atom. The van der Waals surface area contributed by atoms with Gasteiger partial charge in [-0.2, -0.15) is 0 Å². The number of ether oxygens (including phenoxy) is 1. The summed E-state index contributed by atoms with van der Waals surface area (Å²) >= 11 is 0. The Labute approximate surface area is 94.2 Å². The maximum Gasteiger partial charge on any atom is 0.0615 e. The number of likely N-dealkylation sites (N-methyl/N-ethyl adjacent to an activating group) is 2. The van der Waals surface area contributed by atoms with E-state index in [9.17, 15) is 0 Å². The third-order valence-electron chi connectivity index (χ3n) is 3.57. The van der Waals surface area contributed by atoms with E-state index in [-0.39, 0.29) is 0 Å². The Bertz CT molecular complexity index is 175. The number of methoxy groups -OCH3 is 1. The van der Waals surface area contributed by atoms with Gasteiger partial charge in [0, 0.05) is 25.2 Å². The highest BCUT2D eigenvalue weighted by Crippen LogP contribution is 2.24. The van der Waals surface area contributed by atoms with Crippen LogP contribution in [0.25, 0.3) is 0 Å². The normalized spacial score (nSPS) is 28.6. The van der Waals surface area contributed by atoms with Gasteiger partial charge in [-0.15, -0.1) is 0 Å². The van der Waals surface area contributed by atoms with Crippen molar-refractivity contribution in [1.29, 1.82) is 0 Å². The average Bonchev–Trinajstić information content (AvgIpc) is 2.66. The maximum atomic E-state index is 5.22. The van der Waals surface area contributed by atoms with Gasteiger partial charge in [0.1, 0.15) is 0 Å². The van der Waals surface area contributed by atoms with E-state index in [1.54, 1.807) is 7.11 Å². The Kier molecular flexibility index (Phi) is 5.58. The molecule has 0 aromatic heterocycles. The molecule has 3 nitrogen and oxygen atoms in total. The molecule has 0 aromatic rings. The van der Waals surface area contributed by atoms with Crippen molar-refractivity contribution in [3.8, 4) is 0 Å². The van der Waals surface area contributed by atoms with Crippen molar-refractivity contribution < 1.29 is 4.74 Å². The molecule has 0 aromatic carbocycles. The SMILES string of the molecule is CCNC1CCCC1N(C)C(C)COC. The van der Waals surface area contributed by atoms with Gasteiger partial charge in [0.05, 0.1) is 6.61 Å². The summed E-state index contributed by atoms with van der Waals surface area (Å²) in [6.07, 6.45) is 4.00. The molecular formula is C12H26N2O. The van der Waals surface area contributed by atoms with Crippen LogP contribution in [-0.2, 0) is 4.74 Å². The van der Waals surface area contributed by atoms with E-state index < -0.39 is 0 Å². The van der Waals surface area contributed by atoms with E-state index in [1.807, 2.05) is 0 Å². The first-order valence-electron chi connectivity index (χ1n) is 6.15. The largest absolute Gasteiger partial charge is 0.383 e. The molecule has 1 N–H and O–H groups in total. The van der Waals surface area contributed by atoms with E-state index in [2.05, 4.69) is 31.1 Å². The molecule has 3 unspecified atom stereocenters. The quantitative estimate of drug-likeness (QED) is 0.725. The molecule has 0 aliphatic heterocycles. The zero-order valence-corrected chi connectivity index (χ0v) is 10.6. The van der Waals surface area contributed by atoms with Gasteiger partial charge >= 0.3 is 0 Å². The predicted octanol–water partition coefficient (Wildman–Crippen LogP) is 1.48. The van der Waals surface area contributed by atoms with Gasteiger partial charge in [-0.1, -0.05) is 13.3 Å². The molecule has 0 bridgehead atoms. The summed E-state index contributed by atoms with van der Waals surface area (Å²) in [7, 11) is 4.00. The minimum atomic E-state index is 0.513. The second-order valence-corrected chi connectivity index (χ2v) is 4.63. The monoisotopic (exact) mass is 214 g/mol. The van der Waals surface area contributed by atoms with E-state index in [1.165, 1.54) is 19.3 Å². The summed E-state index contributed by atoms with van der Waals surface area (Å²) < 4.78 is 5.22. The van der Waals surface area contributed by atoms with Crippen LogP contribution in [0.2, 0.25) is 0 Å². The van der Waals surface area contributed by atoms with Gasteiger partial charge in [0.2, 0.25) is 0 Å². The van der Waals surface area contributed by atoms with Crippen LogP contribution in [0.1, 0.15) is 33.1 Å². The molecule has 15 heavy (non-hydrogen) atoms. The highest BCUT2D eigenvalue weighted by atomic mass is 16.5. The lowest BCUT2D eigenvalue weighted by Crippen LogP contribution is -2.49. The Morgan fingerprint density at radius 3 is 2.80 bits per heavy atom. The zero-order chi connectivity index (χ0) is 11.3. The first kappa shape index (κ1) is 12.9. The molecule has 90 valence electrons.